The number of hydrogen-bond donors (Lipinski definition) is 0. The predicted molar refractivity (Wildman–Crippen MR) is 82.8 cm³/mol. The summed E-state index contributed by atoms with van der Waals surface area (Å²) in [6, 6.07) is 8.00. The topological polar surface area (TPSA) is 41.6 Å². The average molecular weight is 282 g/mol. The average Bonchev–Trinajstić information content (AvgIpc) is 2.99. The van der Waals surface area contributed by atoms with Crippen molar-refractivity contribution in [2.24, 2.45) is 0 Å². The Balaban J connectivity index is 2.03. The molecule has 0 fully saturated rings. The molecule has 1 aromatic heterocycles. The van der Waals surface area contributed by atoms with E-state index < -0.39 is 0 Å². The lowest BCUT2D eigenvalue weighted by molar-refractivity contribution is 0.664. The number of benzene rings is 1. The molecule has 0 unspecified atom stereocenters. The number of fused-ring (bicyclic) bond motifs is 1. The Hall–Kier alpha value is -1.95. The van der Waals surface area contributed by atoms with Crippen molar-refractivity contribution in [3.05, 3.63) is 41.2 Å². The number of nitriles is 1. The Morgan fingerprint density at radius 2 is 2.25 bits per heavy atom. The molecule has 2 heterocycles. The number of hydrogen-bond acceptors (Lipinski definition) is 3. The highest BCUT2D eigenvalue weighted by Crippen LogP contribution is 2.31. The Kier molecular flexibility index (Phi) is 3.17. The largest absolute Gasteiger partial charge is 0.455 e. The summed E-state index contributed by atoms with van der Waals surface area (Å²) in [5.41, 5.74) is 11.5. The van der Waals surface area contributed by atoms with E-state index in [1.165, 1.54) is 16.8 Å². The second-order valence-corrected chi connectivity index (χ2v) is 7.14. The normalized spacial score (nSPS) is 17.1. The van der Waals surface area contributed by atoms with Crippen LogP contribution < -0.4 is 0 Å². The van der Waals surface area contributed by atoms with Crippen LogP contribution in [0, 0.1) is 23.9 Å². The first kappa shape index (κ1) is 13.1. The van der Waals surface area contributed by atoms with Gasteiger partial charge in [0.1, 0.15) is 0 Å². The lowest BCUT2D eigenvalue weighted by atomic mass is 9.98. The van der Waals surface area contributed by atoms with Crippen LogP contribution in [0.3, 0.4) is 0 Å². The van der Waals surface area contributed by atoms with Crippen molar-refractivity contribution in [2.75, 3.05) is 6.26 Å². The number of nitrogens with zero attached hydrogens (tertiary/aromatic N) is 3. The fraction of sp³-hybridized carbons (Fsp3) is 0.312. The summed E-state index contributed by atoms with van der Waals surface area (Å²) in [7, 11) is -0.0746. The first-order valence-electron chi connectivity index (χ1n) is 6.55. The molecule has 0 N–H and O–H groups in total. The molecule has 1 aliphatic heterocycles. The molecule has 0 bridgehead atoms. The molecular weight excluding hydrogens is 266 g/mol. The molecule has 0 radical (unpaired) electrons. The smallest absolute Gasteiger partial charge is 0.0991 e. The fourth-order valence-electron chi connectivity index (χ4n) is 2.77. The predicted octanol–water partition coefficient (Wildman–Crippen LogP) is 2.49. The number of rotatable bonds is 1. The molecule has 3 rings (SSSR count). The van der Waals surface area contributed by atoms with Crippen LogP contribution in [0.15, 0.2) is 24.4 Å². The van der Waals surface area contributed by atoms with Crippen LogP contribution in [0.5, 0.6) is 0 Å². The maximum Gasteiger partial charge on any atom is 0.0991 e. The summed E-state index contributed by atoms with van der Waals surface area (Å²) in [6.45, 7) is 2.96. The molecule has 1 atom stereocenters. The maximum atomic E-state index is 8.95. The van der Waals surface area contributed by atoms with Gasteiger partial charge in [-0.3, -0.25) is 4.68 Å². The van der Waals surface area contributed by atoms with E-state index in [2.05, 4.69) is 22.1 Å². The summed E-state index contributed by atoms with van der Waals surface area (Å²) in [6.07, 6.45) is 5.01. The standard InChI is InChI=1S/C16H16N3S/c1-11-6-12(8-17)4-5-14(11)15-9-18-19-10-13(20(2)3)7-16(15)19/h2,4-6,9,13H,7,10H2,1,3H3/q-1/t13-/m1/s1. The van der Waals surface area contributed by atoms with Gasteiger partial charge in [-0.15, -0.1) is 6.26 Å². The molecule has 0 amide bonds. The highest BCUT2D eigenvalue weighted by Gasteiger charge is 2.22. The van der Waals surface area contributed by atoms with Gasteiger partial charge in [-0.2, -0.15) is 10.4 Å². The van der Waals surface area contributed by atoms with Crippen LogP contribution >= 0.6 is 0 Å². The van der Waals surface area contributed by atoms with Gasteiger partial charge in [0.05, 0.1) is 17.8 Å². The summed E-state index contributed by atoms with van der Waals surface area (Å²) in [4.78, 5) is 0. The van der Waals surface area contributed by atoms with Crippen LogP contribution in [0.25, 0.3) is 11.1 Å². The SMILES string of the molecule is C#[S-](C)[C@@H]1Cc2c(-c3ccc(C#N)cc3C)cnn2C1. The van der Waals surface area contributed by atoms with Crippen LogP contribution in [-0.2, 0) is 23.3 Å². The summed E-state index contributed by atoms with van der Waals surface area (Å²) in [5.74, 6) is 0. The van der Waals surface area contributed by atoms with Crippen molar-refractivity contribution in [1.82, 2.24) is 9.78 Å². The Bertz CT molecular complexity index is 786. The second kappa shape index (κ2) is 4.86. The van der Waals surface area contributed by atoms with Gasteiger partial charge < -0.3 is 16.0 Å². The van der Waals surface area contributed by atoms with E-state index in [1.54, 1.807) is 0 Å². The van der Waals surface area contributed by atoms with E-state index in [1.807, 2.05) is 31.3 Å². The zero-order valence-electron chi connectivity index (χ0n) is 11.6. The van der Waals surface area contributed by atoms with E-state index in [-0.39, 0.29) is 10.3 Å². The van der Waals surface area contributed by atoms with E-state index in [9.17, 15) is 0 Å². The molecule has 0 saturated heterocycles. The van der Waals surface area contributed by atoms with Crippen LogP contribution in [0.1, 0.15) is 16.8 Å². The van der Waals surface area contributed by atoms with Crippen molar-refractivity contribution in [1.29, 1.82) is 5.26 Å². The first-order chi connectivity index (χ1) is 9.60. The number of aryl methyl sites for hydroxylation is 1. The molecule has 0 saturated carbocycles. The van der Waals surface area contributed by atoms with Crippen LogP contribution in [-0.4, -0.2) is 21.3 Å². The van der Waals surface area contributed by atoms with E-state index in [0.717, 1.165) is 18.5 Å². The minimum Gasteiger partial charge on any atom is -0.455 e. The summed E-state index contributed by atoms with van der Waals surface area (Å²) in [5, 5.41) is 13.9. The summed E-state index contributed by atoms with van der Waals surface area (Å²) >= 11 is 0. The van der Waals surface area contributed by atoms with E-state index in [0.29, 0.717) is 10.8 Å². The molecule has 1 aliphatic rings. The van der Waals surface area contributed by atoms with Gasteiger partial charge in [0.25, 0.3) is 0 Å². The first-order valence-corrected chi connectivity index (χ1v) is 8.31. The zero-order chi connectivity index (χ0) is 14.3. The highest BCUT2D eigenvalue weighted by molar-refractivity contribution is 7.86. The summed E-state index contributed by atoms with van der Waals surface area (Å²) < 4.78 is 2.08. The van der Waals surface area contributed by atoms with Crippen molar-refractivity contribution >= 4 is 10.3 Å². The fourth-order valence-corrected chi connectivity index (χ4v) is 3.56. The van der Waals surface area contributed by atoms with E-state index >= 15 is 0 Å². The highest BCUT2D eigenvalue weighted by atomic mass is 32.2. The molecule has 0 aliphatic carbocycles. The molecule has 20 heavy (non-hydrogen) atoms. The van der Waals surface area contributed by atoms with Crippen LogP contribution in [0.2, 0.25) is 0 Å². The number of aromatic nitrogens is 2. The van der Waals surface area contributed by atoms with Gasteiger partial charge in [-0.05, 0) is 36.6 Å². The van der Waals surface area contributed by atoms with E-state index in [4.69, 9.17) is 10.9 Å². The van der Waals surface area contributed by atoms with Crippen molar-refractivity contribution in [3.63, 3.8) is 0 Å². The minimum absolute atomic E-state index is 0.0746. The third-order valence-electron chi connectivity index (χ3n) is 3.92. The third kappa shape index (κ3) is 2.06. The van der Waals surface area contributed by atoms with Gasteiger partial charge in [-0.25, -0.2) is 0 Å². The Morgan fingerprint density at radius 1 is 1.45 bits per heavy atom. The van der Waals surface area contributed by atoms with Gasteiger partial charge in [0, 0.05) is 17.8 Å². The lowest BCUT2D eigenvalue weighted by Gasteiger charge is -2.18. The molecule has 102 valence electrons. The van der Waals surface area contributed by atoms with Crippen molar-refractivity contribution in [2.45, 2.75) is 25.1 Å². The van der Waals surface area contributed by atoms with Crippen molar-refractivity contribution in [3.8, 4) is 22.9 Å². The Morgan fingerprint density at radius 3 is 2.90 bits per heavy atom. The molecule has 4 heteroatoms. The molecule has 1 aromatic carbocycles. The molecular formula is C16H16N3S-. The minimum atomic E-state index is -0.0746. The van der Waals surface area contributed by atoms with Gasteiger partial charge in [-0.1, -0.05) is 11.3 Å². The molecule has 0 spiro atoms. The quantitative estimate of drug-likeness (QED) is 0.754. The second-order valence-electron chi connectivity index (χ2n) is 5.26. The van der Waals surface area contributed by atoms with Gasteiger partial charge >= 0.3 is 0 Å². The maximum absolute atomic E-state index is 8.95. The monoisotopic (exact) mass is 282 g/mol. The van der Waals surface area contributed by atoms with Gasteiger partial charge in [0.2, 0.25) is 0 Å². The Labute approximate surface area is 121 Å². The zero-order valence-corrected chi connectivity index (χ0v) is 12.4. The van der Waals surface area contributed by atoms with Crippen molar-refractivity contribution < 1.29 is 0 Å². The van der Waals surface area contributed by atoms with Crippen LogP contribution in [0.4, 0.5) is 0 Å². The molecule has 2 aromatic rings. The third-order valence-corrected chi connectivity index (χ3v) is 5.29. The van der Waals surface area contributed by atoms with Gasteiger partial charge in [0.15, 0.2) is 0 Å². The lowest BCUT2D eigenvalue weighted by Crippen LogP contribution is -2.13. The molecule has 3 nitrogen and oxygen atoms in total.